The Bertz CT molecular complexity index is 968. The third kappa shape index (κ3) is 2.74. The number of H-pyrrole nitrogens is 2. The first-order chi connectivity index (χ1) is 11.3. The molecule has 2 aromatic carbocycles. The number of rotatable bonds is 3. The minimum Gasteiger partial charge on any atom is -0.277 e. The molecule has 0 radical (unpaired) electrons. The number of benzene rings is 2. The fourth-order valence-electron chi connectivity index (χ4n) is 2.40. The fraction of sp³-hybridized carbons (Fsp3) is 0. The second-order valence-electron chi connectivity index (χ2n) is 5.09. The highest BCUT2D eigenvalue weighted by Crippen LogP contribution is 2.24. The quantitative estimate of drug-likeness (QED) is 0.595. The molecule has 23 heavy (non-hydrogen) atoms. The van der Waals surface area contributed by atoms with Crippen molar-refractivity contribution in [3.8, 4) is 11.4 Å². The van der Waals surface area contributed by atoms with E-state index in [1.54, 1.807) is 0 Å². The van der Waals surface area contributed by atoms with E-state index < -0.39 is 0 Å². The predicted molar refractivity (Wildman–Crippen MR) is 91.9 cm³/mol. The number of nitrogens with one attached hydrogen (secondary N) is 2. The zero-order chi connectivity index (χ0) is 15.6. The maximum atomic E-state index is 5.90. The summed E-state index contributed by atoms with van der Waals surface area (Å²) in [5, 5.41) is 15.9. The molecule has 2 heterocycles. The molecule has 2 aromatic heterocycles. The molecule has 0 aliphatic heterocycles. The number of aromatic amines is 2. The van der Waals surface area contributed by atoms with Gasteiger partial charge in [-0.25, -0.2) is 4.98 Å². The minimum absolute atomic E-state index is 0.726. The molecule has 4 aromatic rings. The van der Waals surface area contributed by atoms with E-state index in [4.69, 9.17) is 11.6 Å². The van der Waals surface area contributed by atoms with Crippen molar-refractivity contribution < 1.29 is 0 Å². The summed E-state index contributed by atoms with van der Waals surface area (Å²) in [4.78, 5) is 4.18. The van der Waals surface area contributed by atoms with E-state index in [-0.39, 0.29) is 0 Å². The lowest BCUT2D eigenvalue weighted by molar-refractivity contribution is 1.10. The van der Waals surface area contributed by atoms with E-state index in [9.17, 15) is 0 Å². The standard InChI is InChI=1S/C17H12ClN5/c18-13-5-1-11(2-6-13)3-7-15-14-9-12(17-19-10-20-23-17)4-8-16(14)22-21-15/h1-10H,(H,21,22)(H,19,20,23)/b7-3+. The smallest absolute Gasteiger partial charge is 0.155 e. The predicted octanol–water partition coefficient (Wildman–Crippen LogP) is 4.17. The van der Waals surface area contributed by atoms with Gasteiger partial charge < -0.3 is 0 Å². The zero-order valence-corrected chi connectivity index (χ0v) is 12.7. The molecule has 0 atom stereocenters. The van der Waals surface area contributed by atoms with Gasteiger partial charge in [0.2, 0.25) is 0 Å². The molecule has 5 nitrogen and oxygen atoms in total. The Hall–Kier alpha value is -2.92. The van der Waals surface area contributed by atoms with Crippen molar-refractivity contribution >= 4 is 34.7 Å². The Kier molecular flexibility index (Phi) is 3.40. The van der Waals surface area contributed by atoms with E-state index in [2.05, 4.69) is 25.4 Å². The summed E-state index contributed by atoms with van der Waals surface area (Å²) in [5.74, 6) is 0.737. The van der Waals surface area contributed by atoms with Crippen LogP contribution in [0.25, 0.3) is 34.4 Å². The molecule has 6 heteroatoms. The summed E-state index contributed by atoms with van der Waals surface area (Å²) < 4.78 is 0. The first kappa shape index (κ1) is 13.7. The van der Waals surface area contributed by atoms with E-state index in [1.165, 1.54) is 6.33 Å². The van der Waals surface area contributed by atoms with Crippen LogP contribution in [0, 0.1) is 0 Å². The molecule has 2 N–H and O–H groups in total. The van der Waals surface area contributed by atoms with Crippen LogP contribution in [0.4, 0.5) is 0 Å². The number of halogens is 1. The fourth-order valence-corrected chi connectivity index (χ4v) is 2.53. The van der Waals surface area contributed by atoms with Crippen molar-refractivity contribution in [2.45, 2.75) is 0 Å². The monoisotopic (exact) mass is 321 g/mol. The van der Waals surface area contributed by atoms with Crippen LogP contribution in [0.5, 0.6) is 0 Å². The maximum absolute atomic E-state index is 5.90. The summed E-state index contributed by atoms with van der Waals surface area (Å²) in [6, 6.07) is 13.7. The summed E-state index contributed by atoms with van der Waals surface area (Å²) in [6.07, 6.45) is 5.48. The van der Waals surface area contributed by atoms with Crippen molar-refractivity contribution in [1.29, 1.82) is 0 Å². The van der Waals surface area contributed by atoms with Gasteiger partial charge >= 0.3 is 0 Å². The van der Waals surface area contributed by atoms with E-state index in [0.717, 1.165) is 38.6 Å². The Morgan fingerprint density at radius 2 is 1.83 bits per heavy atom. The van der Waals surface area contributed by atoms with Gasteiger partial charge in [0.15, 0.2) is 5.82 Å². The van der Waals surface area contributed by atoms with Crippen molar-refractivity contribution in [3.05, 3.63) is 65.1 Å². The molecular weight excluding hydrogens is 310 g/mol. The molecule has 0 saturated heterocycles. The van der Waals surface area contributed by atoms with Crippen LogP contribution in [0.3, 0.4) is 0 Å². The van der Waals surface area contributed by atoms with E-state index >= 15 is 0 Å². The van der Waals surface area contributed by atoms with Crippen LogP contribution in [0.15, 0.2) is 48.8 Å². The summed E-state index contributed by atoms with van der Waals surface area (Å²) >= 11 is 5.90. The highest BCUT2D eigenvalue weighted by molar-refractivity contribution is 6.30. The van der Waals surface area contributed by atoms with Crippen LogP contribution in [-0.4, -0.2) is 25.4 Å². The van der Waals surface area contributed by atoms with Gasteiger partial charge in [0.25, 0.3) is 0 Å². The van der Waals surface area contributed by atoms with Crippen molar-refractivity contribution in [3.63, 3.8) is 0 Å². The summed E-state index contributed by atoms with van der Waals surface area (Å²) in [5.41, 5.74) is 3.88. The van der Waals surface area contributed by atoms with Crippen molar-refractivity contribution in [1.82, 2.24) is 25.4 Å². The zero-order valence-electron chi connectivity index (χ0n) is 12.0. The van der Waals surface area contributed by atoms with Gasteiger partial charge in [-0.05, 0) is 42.0 Å². The lowest BCUT2D eigenvalue weighted by Crippen LogP contribution is -1.81. The molecule has 0 spiro atoms. The lowest BCUT2D eigenvalue weighted by Gasteiger charge is -1.97. The Morgan fingerprint density at radius 1 is 0.957 bits per heavy atom. The molecule has 0 aliphatic rings. The van der Waals surface area contributed by atoms with Gasteiger partial charge in [-0.3, -0.25) is 10.2 Å². The number of aromatic nitrogens is 5. The third-order valence-corrected chi connectivity index (χ3v) is 3.84. The maximum Gasteiger partial charge on any atom is 0.155 e. The van der Waals surface area contributed by atoms with E-state index in [0.29, 0.717) is 0 Å². The van der Waals surface area contributed by atoms with E-state index in [1.807, 2.05) is 54.6 Å². The number of fused-ring (bicyclic) bond motifs is 1. The Labute approximate surface area is 137 Å². The summed E-state index contributed by atoms with van der Waals surface area (Å²) in [6.45, 7) is 0. The number of hydrogen-bond donors (Lipinski definition) is 2. The molecule has 0 aliphatic carbocycles. The molecule has 4 rings (SSSR count). The van der Waals surface area contributed by atoms with Gasteiger partial charge in [0.1, 0.15) is 6.33 Å². The second kappa shape index (κ2) is 5.70. The molecule has 0 saturated carbocycles. The highest BCUT2D eigenvalue weighted by Gasteiger charge is 2.07. The first-order valence-electron chi connectivity index (χ1n) is 7.07. The van der Waals surface area contributed by atoms with Gasteiger partial charge in [0, 0.05) is 16.0 Å². The largest absolute Gasteiger partial charge is 0.277 e. The van der Waals surface area contributed by atoms with Crippen LogP contribution in [0.2, 0.25) is 5.02 Å². The van der Waals surface area contributed by atoms with Crippen molar-refractivity contribution in [2.75, 3.05) is 0 Å². The summed E-state index contributed by atoms with van der Waals surface area (Å²) in [7, 11) is 0. The topological polar surface area (TPSA) is 70.2 Å². The molecule has 0 bridgehead atoms. The van der Waals surface area contributed by atoms with Gasteiger partial charge in [0.05, 0.1) is 11.2 Å². The van der Waals surface area contributed by atoms with Gasteiger partial charge in [-0.15, -0.1) is 0 Å². The molecule has 112 valence electrons. The average molecular weight is 322 g/mol. The highest BCUT2D eigenvalue weighted by atomic mass is 35.5. The second-order valence-corrected chi connectivity index (χ2v) is 5.52. The van der Waals surface area contributed by atoms with Crippen LogP contribution >= 0.6 is 11.6 Å². The number of hydrogen-bond acceptors (Lipinski definition) is 3. The lowest BCUT2D eigenvalue weighted by atomic mass is 10.1. The SMILES string of the molecule is Clc1ccc(/C=C/c2n[nH]c3ccc(-c4ncn[nH]4)cc23)cc1. The van der Waals surface area contributed by atoms with Gasteiger partial charge in [-0.1, -0.05) is 29.8 Å². The Balaban J connectivity index is 1.72. The molecular formula is C17H12ClN5. The molecule has 0 unspecified atom stereocenters. The van der Waals surface area contributed by atoms with Crippen molar-refractivity contribution in [2.24, 2.45) is 0 Å². The number of nitrogens with zero attached hydrogens (tertiary/aromatic N) is 3. The molecule has 0 amide bonds. The van der Waals surface area contributed by atoms with Crippen LogP contribution in [0.1, 0.15) is 11.3 Å². The Morgan fingerprint density at radius 3 is 2.61 bits per heavy atom. The first-order valence-corrected chi connectivity index (χ1v) is 7.45. The normalized spacial score (nSPS) is 11.5. The third-order valence-electron chi connectivity index (χ3n) is 3.58. The molecule has 0 fully saturated rings. The van der Waals surface area contributed by atoms with Crippen LogP contribution in [-0.2, 0) is 0 Å². The minimum atomic E-state index is 0.726. The average Bonchev–Trinajstić information content (AvgIpc) is 3.24. The van der Waals surface area contributed by atoms with Gasteiger partial charge in [-0.2, -0.15) is 10.2 Å². The van der Waals surface area contributed by atoms with Crippen LogP contribution < -0.4 is 0 Å².